The van der Waals surface area contributed by atoms with Crippen molar-refractivity contribution in [2.75, 3.05) is 0 Å². The van der Waals surface area contributed by atoms with Gasteiger partial charge in [0.25, 0.3) is 0 Å². The van der Waals surface area contributed by atoms with E-state index in [4.69, 9.17) is 14.4 Å². The zero-order valence-electron chi connectivity index (χ0n) is 18.6. The minimum Gasteiger partial charge on any atom is -0.438 e. The Kier molecular flexibility index (Phi) is 4.36. The third-order valence-corrected chi connectivity index (χ3v) is 7.91. The number of hydrogen-bond acceptors (Lipinski definition) is 3. The molecular weight excluding hydrogens is 404 g/mol. The van der Waals surface area contributed by atoms with E-state index in [9.17, 15) is 0 Å². The van der Waals surface area contributed by atoms with Crippen LogP contribution in [-0.4, -0.2) is 9.97 Å². The zero-order chi connectivity index (χ0) is 21.8. The average Bonchev–Trinajstić information content (AvgIpc) is 3.58. The van der Waals surface area contributed by atoms with E-state index in [1.807, 2.05) is 24.4 Å². The average molecular weight is 431 g/mol. The fourth-order valence-electron chi connectivity index (χ4n) is 6.27. The summed E-state index contributed by atoms with van der Waals surface area (Å²) >= 11 is 0. The van der Waals surface area contributed by atoms with Gasteiger partial charge in [0.2, 0.25) is 5.71 Å². The first-order valence-electron chi connectivity index (χ1n) is 12.1. The van der Waals surface area contributed by atoms with Crippen LogP contribution in [0.5, 0.6) is 0 Å². The van der Waals surface area contributed by atoms with Gasteiger partial charge in [-0.25, -0.2) is 4.98 Å². The van der Waals surface area contributed by atoms with E-state index in [0.717, 1.165) is 56.6 Å². The van der Waals surface area contributed by atoms with E-state index in [2.05, 4.69) is 54.6 Å². The number of hydrogen-bond donors (Lipinski definition) is 0. The monoisotopic (exact) mass is 430 g/mol. The molecule has 2 aliphatic carbocycles. The first-order chi connectivity index (χ1) is 16.3. The summed E-state index contributed by atoms with van der Waals surface area (Å²) in [5.74, 6) is 2.81. The Labute approximate surface area is 193 Å². The van der Waals surface area contributed by atoms with Gasteiger partial charge in [-0.1, -0.05) is 36.8 Å². The number of fused-ring (bicyclic) bond motifs is 5. The molecule has 2 fully saturated rings. The lowest BCUT2D eigenvalue weighted by atomic mass is 9.84. The number of aromatic nitrogens is 2. The molecule has 162 valence electrons. The Bertz CT molecular complexity index is 1470. The highest BCUT2D eigenvalue weighted by molar-refractivity contribution is 6.05. The maximum absolute atomic E-state index is 6.11. The molecule has 0 amide bonds. The van der Waals surface area contributed by atoms with E-state index in [-0.39, 0.29) is 0 Å². The quantitative estimate of drug-likeness (QED) is 0.293. The molecule has 3 aromatic heterocycles. The summed E-state index contributed by atoms with van der Waals surface area (Å²) in [7, 11) is 0. The molecule has 2 aliphatic rings. The fraction of sp³-hybridized carbons (Fsp3) is 0.267. The van der Waals surface area contributed by atoms with Crippen molar-refractivity contribution in [1.29, 1.82) is 0 Å². The summed E-state index contributed by atoms with van der Waals surface area (Å²) in [6, 6.07) is 25.3. The first kappa shape index (κ1) is 19.0. The summed E-state index contributed by atoms with van der Waals surface area (Å²) in [5, 5.41) is 2.14. The van der Waals surface area contributed by atoms with E-state index >= 15 is 0 Å². The highest BCUT2D eigenvalue weighted by Gasteiger charge is 2.39. The van der Waals surface area contributed by atoms with Gasteiger partial charge >= 0.3 is 0 Å². The second-order valence-corrected chi connectivity index (χ2v) is 9.92. The van der Waals surface area contributed by atoms with Crippen LogP contribution < -0.4 is 0 Å². The summed E-state index contributed by atoms with van der Waals surface area (Å²) < 4.78 is 6.11. The molecule has 2 bridgehead atoms. The van der Waals surface area contributed by atoms with Gasteiger partial charge < -0.3 is 4.42 Å². The molecule has 7 rings (SSSR count). The van der Waals surface area contributed by atoms with Crippen LogP contribution in [0, 0.1) is 17.8 Å². The van der Waals surface area contributed by atoms with Gasteiger partial charge in [0.15, 0.2) is 0 Å². The number of nitrogens with zero attached hydrogens (tertiary/aromatic N) is 2. The molecule has 0 spiro atoms. The van der Waals surface area contributed by atoms with Gasteiger partial charge in [0, 0.05) is 28.1 Å². The maximum atomic E-state index is 6.11. The van der Waals surface area contributed by atoms with Gasteiger partial charge in [-0.3, -0.25) is 4.98 Å². The maximum Gasteiger partial charge on any atom is 0.227 e. The number of benzene rings is 2. The molecule has 2 saturated carbocycles. The fourth-order valence-corrected chi connectivity index (χ4v) is 6.27. The smallest absolute Gasteiger partial charge is 0.227 e. The zero-order valence-corrected chi connectivity index (χ0v) is 18.6. The molecule has 3 nitrogen and oxygen atoms in total. The lowest BCUT2D eigenvalue weighted by Crippen LogP contribution is -2.13. The standard InChI is InChI=1S/C30H26N2O/c1-2-4-21(5-3-1)27-10-9-25-26-18-23(8-11-29(26)33-30(25)32-27)28-17-20(12-13-31-28)16-24-15-19-6-7-22(24)14-19/h1-5,8-13,17-19,22,24H,6-7,14-16H2. The Morgan fingerprint density at radius 2 is 1.73 bits per heavy atom. The highest BCUT2D eigenvalue weighted by atomic mass is 16.3. The third-order valence-electron chi connectivity index (χ3n) is 7.91. The predicted molar refractivity (Wildman–Crippen MR) is 133 cm³/mol. The molecule has 3 unspecified atom stereocenters. The third kappa shape index (κ3) is 3.34. The molecule has 0 saturated heterocycles. The van der Waals surface area contributed by atoms with Crippen molar-refractivity contribution >= 4 is 22.1 Å². The lowest BCUT2D eigenvalue weighted by Gasteiger charge is -2.21. The normalized spacial score (nSPS) is 21.9. The predicted octanol–water partition coefficient (Wildman–Crippen LogP) is 7.69. The minimum absolute atomic E-state index is 0.682. The van der Waals surface area contributed by atoms with Crippen molar-refractivity contribution < 1.29 is 4.42 Å². The van der Waals surface area contributed by atoms with E-state index in [0.29, 0.717) is 5.71 Å². The summed E-state index contributed by atoms with van der Waals surface area (Å²) in [6.45, 7) is 0. The van der Waals surface area contributed by atoms with Crippen molar-refractivity contribution in [1.82, 2.24) is 9.97 Å². The molecule has 3 atom stereocenters. The lowest BCUT2D eigenvalue weighted by molar-refractivity contribution is 0.331. The Morgan fingerprint density at radius 3 is 2.58 bits per heavy atom. The van der Waals surface area contributed by atoms with Crippen LogP contribution in [0.25, 0.3) is 44.6 Å². The summed E-state index contributed by atoms with van der Waals surface area (Å²) in [6.07, 6.45) is 8.96. The number of furan rings is 1. The topological polar surface area (TPSA) is 38.9 Å². The molecule has 0 aliphatic heterocycles. The largest absolute Gasteiger partial charge is 0.438 e. The van der Waals surface area contributed by atoms with Gasteiger partial charge in [-0.15, -0.1) is 0 Å². The highest BCUT2D eigenvalue weighted by Crippen LogP contribution is 2.49. The molecule has 2 aromatic carbocycles. The van der Waals surface area contributed by atoms with Crippen LogP contribution in [0.15, 0.2) is 83.4 Å². The first-order valence-corrected chi connectivity index (χ1v) is 12.1. The van der Waals surface area contributed by atoms with Crippen molar-refractivity contribution in [3.63, 3.8) is 0 Å². The van der Waals surface area contributed by atoms with E-state index in [1.165, 1.54) is 37.7 Å². The van der Waals surface area contributed by atoms with E-state index in [1.54, 1.807) is 0 Å². The van der Waals surface area contributed by atoms with Crippen LogP contribution in [0.2, 0.25) is 0 Å². The molecule has 0 radical (unpaired) electrons. The van der Waals surface area contributed by atoms with Crippen LogP contribution in [0.1, 0.15) is 31.2 Å². The molecule has 3 heteroatoms. The molecule has 0 N–H and O–H groups in total. The van der Waals surface area contributed by atoms with Crippen molar-refractivity contribution in [2.24, 2.45) is 17.8 Å². The van der Waals surface area contributed by atoms with Crippen LogP contribution in [0.3, 0.4) is 0 Å². The SMILES string of the molecule is c1ccc(-c2ccc3c(n2)oc2ccc(-c4cc(CC5CC6CCC5C6)ccn4)cc23)cc1. The van der Waals surface area contributed by atoms with E-state index < -0.39 is 0 Å². The Hall–Kier alpha value is -3.46. The summed E-state index contributed by atoms with van der Waals surface area (Å²) in [5.41, 5.74) is 7.16. The van der Waals surface area contributed by atoms with Gasteiger partial charge in [0.05, 0.1) is 11.4 Å². The van der Waals surface area contributed by atoms with Crippen molar-refractivity contribution in [2.45, 2.75) is 32.1 Å². The number of rotatable bonds is 4. The van der Waals surface area contributed by atoms with Crippen molar-refractivity contribution in [3.05, 3.63) is 84.6 Å². The Morgan fingerprint density at radius 1 is 0.788 bits per heavy atom. The molecule has 3 heterocycles. The molecule has 33 heavy (non-hydrogen) atoms. The van der Waals surface area contributed by atoms with Gasteiger partial charge in [-0.05, 0) is 91.5 Å². The summed E-state index contributed by atoms with van der Waals surface area (Å²) in [4.78, 5) is 9.50. The molecular formula is C30H26N2O. The van der Waals surface area contributed by atoms with Crippen LogP contribution >= 0.6 is 0 Å². The minimum atomic E-state index is 0.682. The van der Waals surface area contributed by atoms with Crippen LogP contribution in [0.4, 0.5) is 0 Å². The Balaban J connectivity index is 1.23. The molecule has 5 aromatic rings. The van der Waals surface area contributed by atoms with Crippen LogP contribution in [-0.2, 0) is 6.42 Å². The second kappa shape index (κ2) is 7.55. The van der Waals surface area contributed by atoms with Gasteiger partial charge in [-0.2, -0.15) is 0 Å². The second-order valence-electron chi connectivity index (χ2n) is 9.92. The van der Waals surface area contributed by atoms with Crippen molar-refractivity contribution in [3.8, 4) is 22.5 Å². The van der Waals surface area contributed by atoms with Gasteiger partial charge in [0.1, 0.15) is 5.58 Å². The number of pyridine rings is 2.